The van der Waals surface area contributed by atoms with Crippen molar-refractivity contribution >= 4 is 26.8 Å². The predicted molar refractivity (Wildman–Crippen MR) is 124 cm³/mol. The van der Waals surface area contributed by atoms with Crippen molar-refractivity contribution in [1.82, 2.24) is 19.8 Å². The number of aromatic nitrogens is 3. The molecule has 1 aromatic heterocycles. The van der Waals surface area contributed by atoms with Crippen LogP contribution in [0.25, 0.3) is 11.0 Å². The second-order valence-corrected chi connectivity index (χ2v) is 9.50. The Morgan fingerprint density at radius 3 is 2.48 bits per heavy atom. The minimum atomic E-state index is -3.72. The lowest BCUT2D eigenvalue weighted by molar-refractivity contribution is 0.582. The lowest BCUT2D eigenvalue weighted by Gasteiger charge is -2.10. The van der Waals surface area contributed by atoms with Gasteiger partial charge in [0.05, 0.1) is 22.7 Å². The third kappa shape index (κ3) is 6.62. The average Bonchev–Trinajstić information content (AvgIpc) is 3.17. The Bertz CT molecular complexity index is 1100. The van der Waals surface area contributed by atoms with E-state index < -0.39 is 10.0 Å². The van der Waals surface area contributed by atoms with Crippen molar-refractivity contribution in [3.8, 4) is 0 Å². The minimum absolute atomic E-state index is 0.201. The number of unbranched alkanes of at least 4 members (excludes halogenated alkanes) is 5. The van der Waals surface area contributed by atoms with Crippen LogP contribution in [0.2, 0.25) is 0 Å². The maximum Gasteiger partial charge on any atom is 0.276 e. The van der Waals surface area contributed by atoms with E-state index in [1.54, 1.807) is 28.9 Å². The monoisotopic (exact) mass is 441 g/mol. The number of aryl methyl sites for hydroxylation is 1. The smallest absolute Gasteiger partial charge is 0.239 e. The molecule has 0 fully saturated rings. The number of nitrogens with one attached hydrogen (secondary N) is 1. The fraction of sp³-hybridized carbons (Fsp3) is 0.435. The number of benzene rings is 2. The summed E-state index contributed by atoms with van der Waals surface area (Å²) in [6.45, 7) is 4.52. The zero-order chi connectivity index (χ0) is 22.1. The number of nitrogens with zero attached hydrogens (tertiary/aromatic N) is 4. The van der Waals surface area contributed by atoms with Gasteiger partial charge in [-0.25, -0.2) is 9.51 Å². The van der Waals surface area contributed by atoms with E-state index >= 15 is 0 Å². The van der Waals surface area contributed by atoms with E-state index in [4.69, 9.17) is 0 Å². The molecule has 1 N–H and O–H groups in total. The first-order valence-corrected chi connectivity index (χ1v) is 12.4. The number of para-hydroxylation sites is 1. The van der Waals surface area contributed by atoms with Gasteiger partial charge in [-0.3, -0.25) is 0 Å². The molecule has 0 bridgehead atoms. The highest BCUT2D eigenvalue weighted by molar-refractivity contribution is 7.89. The molecule has 8 heteroatoms. The van der Waals surface area contributed by atoms with Crippen molar-refractivity contribution in [2.75, 3.05) is 0 Å². The lowest BCUT2D eigenvalue weighted by atomic mass is 10.1. The van der Waals surface area contributed by atoms with Crippen molar-refractivity contribution < 1.29 is 8.42 Å². The van der Waals surface area contributed by atoms with Crippen molar-refractivity contribution in [2.45, 2.75) is 70.2 Å². The number of hydrazone groups is 1. The number of sulfonamides is 1. The van der Waals surface area contributed by atoms with E-state index in [9.17, 15) is 8.42 Å². The molecule has 0 radical (unpaired) electrons. The molecule has 0 aliphatic rings. The molecule has 166 valence electrons. The average molecular weight is 442 g/mol. The van der Waals surface area contributed by atoms with Gasteiger partial charge < -0.3 is 0 Å². The van der Waals surface area contributed by atoms with Gasteiger partial charge in [-0.05, 0) is 44.0 Å². The van der Waals surface area contributed by atoms with Crippen molar-refractivity contribution in [2.24, 2.45) is 5.10 Å². The van der Waals surface area contributed by atoms with Crippen molar-refractivity contribution in [1.29, 1.82) is 0 Å². The Morgan fingerprint density at radius 1 is 1.00 bits per heavy atom. The van der Waals surface area contributed by atoms with Crippen LogP contribution in [0.4, 0.5) is 0 Å². The van der Waals surface area contributed by atoms with Crippen LogP contribution in [0.3, 0.4) is 0 Å². The van der Waals surface area contributed by atoms with Gasteiger partial charge >= 0.3 is 0 Å². The molecule has 0 atom stereocenters. The largest absolute Gasteiger partial charge is 0.276 e. The summed E-state index contributed by atoms with van der Waals surface area (Å²) < 4.78 is 27.1. The third-order valence-electron chi connectivity index (χ3n) is 5.23. The maximum atomic E-state index is 12.7. The van der Waals surface area contributed by atoms with Crippen molar-refractivity contribution in [3.63, 3.8) is 0 Å². The third-order valence-corrected chi connectivity index (χ3v) is 6.45. The van der Waals surface area contributed by atoms with Gasteiger partial charge in [0.25, 0.3) is 10.0 Å². The minimum Gasteiger partial charge on any atom is -0.239 e. The summed E-state index contributed by atoms with van der Waals surface area (Å²) in [6.07, 6.45) is 7.65. The molecule has 7 nitrogen and oxygen atoms in total. The molecule has 0 unspecified atom stereocenters. The van der Waals surface area contributed by atoms with E-state index in [-0.39, 0.29) is 4.90 Å². The van der Waals surface area contributed by atoms with Gasteiger partial charge in [-0.15, -0.1) is 5.10 Å². The second-order valence-electron chi connectivity index (χ2n) is 7.84. The predicted octanol–water partition coefficient (Wildman–Crippen LogP) is 4.82. The highest BCUT2D eigenvalue weighted by atomic mass is 32.2. The Hall–Kier alpha value is -2.74. The van der Waals surface area contributed by atoms with E-state index in [1.807, 2.05) is 31.2 Å². The summed E-state index contributed by atoms with van der Waals surface area (Å²) in [5.74, 6) is 0. The zero-order valence-corrected chi connectivity index (χ0v) is 19.1. The Morgan fingerprint density at radius 2 is 1.71 bits per heavy atom. The fourth-order valence-corrected chi connectivity index (χ4v) is 4.23. The van der Waals surface area contributed by atoms with Gasteiger partial charge in [0.1, 0.15) is 5.52 Å². The van der Waals surface area contributed by atoms with E-state index in [0.29, 0.717) is 13.0 Å². The number of hydrogen-bond acceptors (Lipinski definition) is 5. The molecule has 3 rings (SSSR count). The quantitative estimate of drug-likeness (QED) is 0.248. The highest BCUT2D eigenvalue weighted by Gasteiger charge is 2.14. The normalized spacial score (nSPS) is 12.4. The molecule has 31 heavy (non-hydrogen) atoms. The fourth-order valence-electron chi connectivity index (χ4n) is 3.38. The zero-order valence-electron chi connectivity index (χ0n) is 18.3. The van der Waals surface area contributed by atoms with Crippen LogP contribution in [0, 0.1) is 6.92 Å². The standard InChI is InChI=1S/C23H31N5O2S/c1-3-4-5-6-7-8-11-20(18-28-23-13-10-9-12-22(23)25-26-28)24-27-31(29,30)21-16-14-19(2)15-17-21/h9-10,12-17,27H,3-8,11,18H2,1-2H3. The van der Waals surface area contributed by atoms with Crippen LogP contribution in [-0.2, 0) is 16.6 Å². The second kappa shape index (κ2) is 11.0. The first-order chi connectivity index (χ1) is 15.0. The van der Waals surface area contributed by atoms with Gasteiger partial charge in [-0.2, -0.15) is 13.5 Å². The molecule has 0 spiro atoms. The summed E-state index contributed by atoms with van der Waals surface area (Å²) in [7, 11) is -3.72. The van der Waals surface area contributed by atoms with E-state index in [0.717, 1.165) is 35.2 Å². The first-order valence-electron chi connectivity index (χ1n) is 10.9. The molecule has 0 aliphatic heterocycles. The molecule has 0 saturated heterocycles. The molecule has 0 aliphatic carbocycles. The molecular weight excluding hydrogens is 410 g/mol. The van der Waals surface area contributed by atoms with Crippen LogP contribution in [0.15, 0.2) is 58.5 Å². The molecule has 1 heterocycles. The molecule has 0 amide bonds. The van der Waals surface area contributed by atoms with Crippen LogP contribution in [0.5, 0.6) is 0 Å². The maximum absolute atomic E-state index is 12.7. The van der Waals surface area contributed by atoms with Gasteiger partial charge in [-0.1, -0.05) is 74.1 Å². The van der Waals surface area contributed by atoms with Crippen LogP contribution in [-0.4, -0.2) is 29.1 Å². The number of hydrogen-bond donors (Lipinski definition) is 1. The Balaban J connectivity index is 1.73. The molecule has 0 saturated carbocycles. The van der Waals surface area contributed by atoms with Crippen LogP contribution >= 0.6 is 0 Å². The van der Waals surface area contributed by atoms with Crippen molar-refractivity contribution in [3.05, 3.63) is 54.1 Å². The Labute approximate surface area is 184 Å². The summed E-state index contributed by atoms with van der Waals surface area (Å²) in [5.41, 5.74) is 3.45. The summed E-state index contributed by atoms with van der Waals surface area (Å²) in [4.78, 5) is 2.62. The SMILES string of the molecule is CCCCCCCCC(Cn1nnc2ccccc21)=NNS(=O)(=O)c1ccc(C)cc1. The van der Waals surface area contributed by atoms with Crippen LogP contribution in [0.1, 0.15) is 57.4 Å². The molecule has 2 aromatic carbocycles. The number of rotatable bonds is 12. The number of fused-ring (bicyclic) bond motifs is 1. The van der Waals surface area contributed by atoms with Gasteiger partial charge in [0.2, 0.25) is 0 Å². The van der Waals surface area contributed by atoms with Gasteiger partial charge in [0, 0.05) is 0 Å². The van der Waals surface area contributed by atoms with Crippen LogP contribution < -0.4 is 4.83 Å². The van der Waals surface area contributed by atoms with E-state index in [1.165, 1.54) is 25.7 Å². The summed E-state index contributed by atoms with van der Waals surface area (Å²) in [6, 6.07) is 14.4. The van der Waals surface area contributed by atoms with E-state index in [2.05, 4.69) is 27.2 Å². The van der Waals surface area contributed by atoms with Gasteiger partial charge in [0.15, 0.2) is 0 Å². The summed E-state index contributed by atoms with van der Waals surface area (Å²) >= 11 is 0. The topological polar surface area (TPSA) is 89.2 Å². The Kier molecular flexibility index (Phi) is 8.17. The summed E-state index contributed by atoms with van der Waals surface area (Å²) in [5, 5.41) is 12.7. The first kappa shape index (κ1) is 22.9. The molecular formula is C23H31N5O2S. The lowest BCUT2D eigenvalue weighted by Crippen LogP contribution is -2.22. The highest BCUT2D eigenvalue weighted by Crippen LogP contribution is 2.13. The molecule has 3 aromatic rings.